The molecule has 0 aliphatic heterocycles. The van der Waals surface area contributed by atoms with Crippen LogP contribution in [0.5, 0.6) is 5.75 Å². The van der Waals surface area contributed by atoms with Crippen molar-refractivity contribution in [3.8, 4) is 5.75 Å². The molecule has 4 rings (SSSR count). The lowest BCUT2D eigenvalue weighted by Gasteiger charge is -2.10. The number of hydrogen-bond donors (Lipinski definition) is 1. The van der Waals surface area contributed by atoms with Gasteiger partial charge in [-0.05, 0) is 43.7 Å². The lowest BCUT2D eigenvalue weighted by atomic mass is 10.2. The third-order valence-corrected chi connectivity index (χ3v) is 6.41. The second-order valence-corrected chi connectivity index (χ2v) is 8.58. The molecule has 4 aromatic rings. The van der Waals surface area contributed by atoms with Crippen LogP contribution in [-0.2, 0) is 32.0 Å². The van der Waals surface area contributed by atoms with E-state index in [2.05, 4.69) is 15.5 Å². The highest BCUT2D eigenvalue weighted by Gasteiger charge is 2.15. The summed E-state index contributed by atoms with van der Waals surface area (Å²) in [7, 11) is 3.44. The number of aromatic nitrogens is 5. The van der Waals surface area contributed by atoms with Crippen LogP contribution in [-0.4, -0.2) is 35.6 Å². The molecule has 0 atom stereocenters. The number of aryl methyl sites for hydroxylation is 3. The Morgan fingerprint density at radius 1 is 1.09 bits per heavy atom. The zero-order chi connectivity index (χ0) is 23.5. The molecule has 0 unspecified atom stereocenters. The minimum atomic E-state index is -0.163. The number of benzene rings is 2. The van der Waals surface area contributed by atoms with Crippen molar-refractivity contribution in [1.29, 1.82) is 0 Å². The van der Waals surface area contributed by atoms with E-state index >= 15 is 0 Å². The summed E-state index contributed by atoms with van der Waals surface area (Å²) < 4.78 is 11.0. The Kier molecular flexibility index (Phi) is 6.55. The van der Waals surface area contributed by atoms with Crippen LogP contribution in [0.2, 0.25) is 0 Å². The first-order valence-corrected chi connectivity index (χ1v) is 11.6. The van der Waals surface area contributed by atoms with Crippen LogP contribution in [0.15, 0.2) is 52.4 Å². The SMILES string of the molecule is CCn1c(COc2ccccc2C)nnc1SCC(=O)Nc1ccc2c(c1)n(C)c(=O)n2C. The third-order valence-electron chi connectivity index (χ3n) is 5.45. The number of amides is 1. The number of rotatable bonds is 8. The van der Waals surface area contributed by atoms with Crippen molar-refractivity contribution in [2.24, 2.45) is 14.1 Å². The van der Waals surface area contributed by atoms with Crippen molar-refractivity contribution in [3.63, 3.8) is 0 Å². The number of nitrogens with one attached hydrogen (secondary N) is 1. The van der Waals surface area contributed by atoms with Crippen LogP contribution in [0.4, 0.5) is 5.69 Å². The Hall–Kier alpha value is -3.53. The number of carbonyl (C=O) groups is 1. The molecule has 2 aromatic heterocycles. The van der Waals surface area contributed by atoms with Gasteiger partial charge in [0.25, 0.3) is 0 Å². The van der Waals surface area contributed by atoms with E-state index in [1.165, 1.54) is 11.8 Å². The maximum atomic E-state index is 12.5. The second kappa shape index (κ2) is 9.53. The lowest BCUT2D eigenvalue weighted by Crippen LogP contribution is -2.19. The van der Waals surface area contributed by atoms with E-state index in [9.17, 15) is 9.59 Å². The van der Waals surface area contributed by atoms with E-state index in [0.29, 0.717) is 29.8 Å². The number of ether oxygens (including phenoxy) is 1. The first kappa shape index (κ1) is 22.7. The van der Waals surface area contributed by atoms with E-state index in [1.807, 2.05) is 48.7 Å². The van der Waals surface area contributed by atoms with Crippen molar-refractivity contribution in [1.82, 2.24) is 23.9 Å². The van der Waals surface area contributed by atoms with Crippen LogP contribution in [0, 0.1) is 6.92 Å². The van der Waals surface area contributed by atoms with Gasteiger partial charge >= 0.3 is 5.69 Å². The van der Waals surface area contributed by atoms with E-state index < -0.39 is 0 Å². The summed E-state index contributed by atoms with van der Waals surface area (Å²) in [5.74, 6) is 1.54. The fourth-order valence-electron chi connectivity index (χ4n) is 3.62. The molecule has 0 fully saturated rings. The van der Waals surface area contributed by atoms with Gasteiger partial charge in [-0.2, -0.15) is 0 Å². The first-order chi connectivity index (χ1) is 15.9. The lowest BCUT2D eigenvalue weighted by molar-refractivity contribution is -0.113. The van der Waals surface area contributed by atoms with Crippen molar-refractivity contribution >= 4 is 34.4 Å². The highest BCUT2D eigenvalue weighted by atomic mass is 32.2. The summed E-state index contributed by atoms with van der Waals surface area (Å²) in [6.45, 7) is 4.97. The maximum Gasteiger partial charge on any atom is 0.328 e. The van der Waals surface area contributed by atoms with Crippen LogP contribution >= 0.6 is 11.8 Å². The van der Waals surface area contributed by atoms with Crippen LogP contribution < -0.4 is 15.7 Å². The molecule has 0 bridgehead atoms. The molecule has 0 saturated heterocycles. The van der Waals surface area contributed by atoms with Gasteiger partial charge in [-0.3, -0.25) is 13.9 Å². The monoisotopic (exact) mass is 466 g/mol. The van der Waals surface area contributed by atoms with Gasteiger partial charge in [0.05, 0.1) is 16.8 Å². The number of nitrogens with zero attached hydrogens (tertiary/aromatic N) is 5. The van der Waals surface area contributed by atoms with Crippen molar-refractivity contribution < 1.29 is 9.53 Å². The fourth-order valence-corrected chi connectivity index (χ4v) is 4.44. The Balaban J connectivity index is 1.39. The number of para-hydroxylation sites is 1. The summed E-state index contributed by atoms with van der Waals surface area (Å²) >= 11 is 1.32. The number of anilines is 1. The summed E-state index contributed by atoms with van der Waals surface area (Å²) in [5, 5.41) is 12.0. The smallest absolute Gasteiger partial charge is 0.328 e. The molecule has 1 N–H and O–H groups in total. The number of fused-ring (bicyclic) bond motifs is 1. The van der Waals surface area contributed by atoms with Crippen molar-refractivity contribution in [3.05, 3.63) is 64.3 Å². The molecule has 2 aromatic carbocycles. The number of hydrogen-bond acceptors (Lipinski definition) is 6. The zero-order valence-electron chi connectivity index (χ0n) is 19.0. The summed E-state index contributed by atoms with van der Waals surface area (Å²) in [4.78, 5) is 24.6. The molecule has 33 heavy (non-hydrogen) atoms. The quantitative estimate of drug-likeness (QED) is 0.401. The molecule has 0 saturated carbocycles. The molecule has 0 spiro atoms. The molecule has 0 radical (unpaired) electrons. The first-order valence-electron chi connectivity index (χ1n) is 10.6. The summed E-state index contributed by atoms with van der Waals surface area (Å²) in [6.07, 6.45) is 0. The summed E-state index contributed by atoms with van der Waals surface area (Å²) in [6, 6.07) is 13.2. The predicted molar refractivity (Wildman–Crippen MR) is 129 cm³/mol. The van der Waals surface area contributed by atoms with E-state index in [0.717, 1.165) is 22.3 Å². The largest absolute Gasteiger partial charge is 0.485 e. The molecular formula is C23H26N6O3S. The molecule has 2 heterocycles. The van der Waals surface area contributed by atoms with Gasteiger partial charge in [0.15, 0.2) is 11.0 Å². The molecule has 172 valence electrons. The van der Waals surface area contributed by atoms with Crippen molar-refractivity contribution in [2.45, 2.75) is 32.2 Å². The normalized spacial score (nSPS) is 11.2. The molecule has 9 nitrogen and oxygen atoms in total. The van der Waals surface area contributed by atoms with Gasteiger partial charge in [0, 0.05) is 26.3 Å². The van der Waals surface area contributed by atoms with E-state index in [-0.39, 0.29) is 17.3 Å². The van der Waals surface area contributed by atoms with Gasteiger partial charge in [-0.15, -0.1) is 10.2 Å². The number of carbonyl (C=O) groups excluding carboxylic acids is 1. The standard InChI is InChI=1S/C23H26N6O3S/c1-5-29-20(13-32-19-9-7-6-8-15(19)2)25-26-22(29)33-14-21(30)24-16-10-11-17-18(12-16)28(4)23(31)27(17)3/h6-12H,5,13-14H2,1-4H3,(H,24,30). The molecule has 1 amide bonds. The van der Waals surface area contributed by atoms with Gasteiger partial charge in [-0.25, -0.2) is 4.79 Å². The Morgan fingerprint density at radius 3 is 2.61 bits per heavy atom. The molecular weight excluding hydrogens is 440 g/mol. The zero-order valence-corrected chi connectivity index (χ0v) is 19.8. The Labute approximate surface area is 195 Å². The Morgan fingerprint density at radius 2 is 1.85 bits per heavy atom. The van der Waals surface area contributed by atoms with Crippen LogP contribution in [0.3, 0.4) is 0 Å². The third kappa shape index (κ3) is 4.65. The minimum absolute atomic E-state index is 0.106. The fraction of sp³-hybridized carbons (Fsp3) is 0.304. The molecule has 10 heteroatoms. The Bertz CT molecular complexity index is 1370. The summed E-state index contributed by atoms with van der Waals surface area (Å²) in [5.41, 5.74) is 3.16. The maximum absolute atomic E-state index is 12.5. The van der Waals surface area contributed by atoms with Crippen LogP contribution in [0.1, 0.15) is 18.3 Å². The van der Waals surface area contributed by atoms with E-state index in [1.54, 1.807) is 35.4 Å². The predicted octanol–water partition coefficient (Wildman–Crippen LogP) is 3.11. The van der Waals surface area contributed by atoms with Gasteiger partial charge < -0.3 is 14.6 Å². The van der Waals surface area contributed by atoms with Gasteiger partial charge in [0.1, 0.15) is 12.4 Å². The van der Waals surface area contributed by atoms with Crippen LogP contribution in [0.25, 0.3) is 11.0 Å². The molecule has 0 aliphatic rings. The van der Waals surface area contributed by atoms with Crippen molar-refractivity contribution in [2.75, 3.05) is 11.1 Å². The average Bonchev–Trinajstić information content (AvgIpc) is 3.31. The minimum Gasteiger partial charge on any atom is -0.485 e. The average molecular weight is 467 g/mol. The number of imidazole rings is 1. The molecule has 0 aliphatic carbocycles. The van der Waals surface area contributed by atoms with Gasteiger partial charge in [0.2, 0.25) is 5.91 Å². The highest BCUT2D eigenvalue weighted by molar-refractivity contribution is 7.99. The van der Waals surface area contributed by atoms with E-state index in [4.69, 9.17) is 4.74 Å². The highest BCUT2D eigenvalue weighted by Crippen LogP contribution is 2.22. The second-order valence-electron chi connectivity index (χ2n) is 7.64. The number of thioether (sulfide) groups is 1. The topological polar surface area (TPSA) is 96.0 Å². The van der Waals surface area contributed by atoms with Gasteiger partial charge in [-0.1, -0.05) is 30.0 Å².